The molecule has 0 saturated heterocycles. The average molecular weight is 273 g/mol. The van der Waals surface area contributed by atoms with Gasteiger partial charge in [0.05, 0.1) is 6.04 Å². The number of hydrogen-bond acceptors (Lipinski definition) is 3. The number of hydrogen-bond donors (Lipinski definition) is 1. The topological polar surface area (TPSA) is 34.4 Å². The quantitative estimate of drug-likeness (QED) is 0.742. The number of benzene rings is 1. The van der Waals surface area contributed by atoms with Crippen LogP contribution in [-0.4, -0.2) is 0 Å². The Morgan fingerprint density at radius 2 is 1.90 bits per heavy atom. The SMILES string of the molecule is CCC[C@@H](ON[C@H](C)c1ccc(C)o1)c1ccccc1. The normalized spacial score (nSPS) is 14.2. The minimum Gasteiger partial charge on any atom is -0.465 e. The lowest BCUT2D eigenvalue weighted by Crippen LogP contribution is -2.22. The highest BCUT2D eigenvalue weighted by atomic mass is 16.7. The predicted octanol–water partition coefficient (Wildman–Crippen LogP) is 4.71. The molecule has 1 aromatic carbocycles. The Balaban J connectivity index is 1.95. The van der Waals surface area contributed by atoms with E-state index in [0.29, 0.717) is 0 Å². The lowest BCUT2D eigenvalue weighted by atomic mass is 10.1. The summed E-state index contributed by atoms with van der Waals surface area (Å²) in [5.74, 6) is 1.81. The monoisotopic (exact) mass is 273 g/mol. The Bertz CT molecular complexity index is 507. The molecule has 1 aromatic heterocycles. The molecule has 20 heavy (non-hydrogen) atoms. The van der Waals surface area contributed by atoms with Gasteiger partial charge < -0.3 is 4.42 Å². The molecule has 0 fully saturated rings. The van der Waals surface area contributed by atoms with Crippen molar-refractivity contribution in [2.45, 2.75) is 45.8 Å². The molecule has 0 radical (unpaired) electrons. The number of rotatable bonds is 7. The van der Waals surface area contributed by atoms with E-state index in [1.807, 2.05) is 44.2 Å². The van der Waals surface area contributed by atoms with Gasteiger partial charge in [0.2, 0.25) is 0 Å². The first kappa shape index (κ1) is 14.8. The first-order chi connectivity index (χ1) is 9.70. The largest absolute Gasteiger partial charge is 0.465 e. The zero-order valence-corrected chi connectivity index (χ0v) is 12.4. The molecule has 0 aliphatic heterocycles. The second kappa shape index (κ2) is 7.27. The van der Waals surface area contributed by atoms with Crippen LogP contribution in [0.5, 0.6) is 0 Å². The summed E-state index contributed by atoms with van der Waals surface area (Å²) < 4.78 is 5.60. The van der Waals surface area contributed by atoms with Gasteiger partial charge in [0, 0.05) is 0 Å². The zero-order chi connectivity index (χ0) is 14.4. The van der Waals surface area contributed by atoms with Crippen LogP contribution in [0.25, 0.3) is 0 Å². The van der Waals surface area contributed by atoms with Gasteiger partial charge in [-0.3, -0.25) is 4.84 Å². The molecule has 3 nitrogen and oxygen atoms in total. The van der Waals surface area contributed by atoms with E-state index in [1.54, 1.807) is 0 Å². The lowest BCUT2D eigenvalue weighted by Gasteiger charge is -2.20. The Kier molecular flexibility index (Phi) is 5.39. The standard InChI is InChI=1S/C17H23NO2/c1-4-8-17(15-9-6-5-7-10-15)20-18-14(3)16-12-11-13(2)19-16/h5-7,9-12,14,17-18H,4,8H2,1-3H3/t14-,17-/m1/s1. The fraction of sp³-hybridized carbons (Fsp3) is 0.412. The molecule has 1 heterocycles. The van der Waals surface area contributed by atoms with Crippen molar-refractivity contribution >= 4 is 0 Å². The van der Waals surface area contributed by atoms with Crippen molar-refractivity contribution in [3.05, 3.63) is 59.5 Å². The van der Waals surface area contributed by atoms with Crippen LogP contribution in [0.1, 0.15) is 55.9 Å². The van der Waals surface area contributed by atoms with Crippen molar-refractivity contribution in [2.75, 3.05) is 0 Å². The van der Waals surface area contributed by atoms with Crippen molar-refractivity contribution in [2.24, 2.45) is 0 Å². The molecule has 0 bridgehead atoms. The summed E-state index contributed by atoms with van der Waals surface area (Å²) in [4.78, 5) is 5.88. The summed E-state index contributed by atoms with van der Waals surface area (Å²) in [5.41, 5.74) is 4.30. The van der Waals surface area contributed by atoms with Crippen LogP contribution in [0, 0.1) is 6.92 Å². The maximum Gasteiger partial charge on any atom is 0.123 e. The van der Waals surface area contributed by atoms with Gasteiger partial charge in [-0.25, -0.2) is 0 Å². The van der Waals surface area contributed by atoms with Gasteiger partial charge in [-0.15, -0.1) is 0 Å². The van der Waals surface area contributed by atoms with Gasteiger partial charge in [0.25, 0.3) is 0 Å². The summed E-state index contributed by atoms with van der Waals surface area (Å²) in [6.07, 6.45) is 2.14. The molecule has 0 unspecified atom stereocenters. The Labute approximate surface area is 120 Å². The van der Waals surface area contributed by atoms with E-state index >= 15 is 0 Å². The van der Waals surface area contributed by atoms with Gasteiger partial charge in [0.15, 0.2) is 0 Å². The molecule has 0 amide bonds. The third-order valence-corrected chi connectivity index (χ3v) is 3.30. The molecule has 2 rings (SSSR count). The molecule has 0 spiro atoms. The van der Waals surface area contributed by atoms with Crippen LogP contribution >= 0.6 is 0 Å². The summed E-state index contributed by atoms with van der Waals surface area (Å²) >= 11 is 0. The van der Waals surface area contributed by atoms with Crippen LogP contribution in [0.3, 0.4) is 0 Å². The van der Waals surface area contributed by atoms with E-state index in [4.69, 9.17) is 9.25 Å². The van der Waals surface area contributed by atoms with Crippen LogP contribution in [0.15, 0.2) is 46.9 Å². The summed E-state index contributed by atoms with van der Waals surface area (Å²) in [7, 11) is 0. The van der Waals surface area contributed by atoms with Crippen molar-refractivity contribution in [1.82, 2.24) is 5.48 Å². The molecule has 1 N–H and O–H groups in total. The highest BCUT2D eigenvalue weighted by Crippen LogP contribution is 2.23. The van der Waals surface area contributed by atoms with Gasteiger partial charge in [-0.1, -0.05) is 43.7 Å². The highest BCUT2D eigenvalue weighted by molar-refractivity contribution is 5.17. The number of hydroxylamine groups is 1. The van der Waals surface area contributed by atoms with Crippen molar-refractivity contribution < 1.29 is 9.25 Å². The molecule has 3 heteroatoms. The van der Waals surface area contributed by atoms with Crippen molar-refractivity contribution in [3.8, 4) is 0 Å². The van der Waals surface area contributed by atoms with Crippen molar-refractivity contribution in [1.29, 1.82) is 0 Å². The van der Waals surface area contributed by atoms with Gasteiger partial charge in [-0.05, 0) is 38.0 Å². The van der Waals surface area contributed by atoms with Gasteiger partial charge >= 0.3 is 0 Å². The first-order valence-electron chi connectivity index (χ1n) is 7.23. The molecule has 2 aromatic rings. The molecule has 0 aliphatic carbocycles. The molecule has 0 aliphatic rings. The molecular formula is C17H23NO2. The second-order valence-electron chi connectivity index (χ2n) is 5.09. The van der Waals surface area contributed by atoms with E-state index in [1.165, 1.54) is 5.56 Å². The average Bonchev–Trinajstić information content (AvgIpc) is 2.91. The van der Waals surface area contributed by atoms with E-state index in [2.05, 4.69) is 24.5 Å². The Morgan fingerprint density at radius 3 is 2.50 bits per heavy atom. The highest BCUT2D eigenvalue weighted by Gasteiger charge is 2.15. The Morgan fingerprint density at radius 1 is 1.15 bits per heavy atom. The predicted molar refractivity (Wildman–Crippen MR) is 80.2 cm³/mol. The summed E-state index contributed by atoms with van der Waals surface area (Å²) in [6.45, 7) is 6.14. The van der Waals surface area contributed by atoms with Crippen molar-refractivity contribution in [3.63, 3.8) is 0 Å². The van der Waals surface area contributed by atoms with Crippen LogP contribution in [0.2, 0.25) is 0 Å². The molecule has 108 valence electrons. The minimum absolute atomic E-state index is 0.0340. The molecule has 0 saturated carbocycles. The number of aryl methyl sites for hydroxylation is 1. The van der Waals surface area contributed by atoms with E-state index in [0.717, 1.165) is 24.4 Å². The number of nitrogens with one attached hydrogen (secondary N) is 1. The Hall–Kier alpha value is -1.58. The second-order valence-corrected chi connectivity index (χ2v) is 5.09. The minimum atomic E-state index is 0.0340. The maximum atomic E-state index is 5.88. The smallest absolute Gasteiger partial charge is 0.123 e. The maximum absolute atomic E-state index is 5.88. The fourth-order valence-electron chi connectivity index (χ4n) is 2.15. The van der Waals surface area contributed by atoms with Gasteiger partial charge in [0.1, 0.15) is 17.6 Å². The van der Waals surface area contributed by atoms with Gasteiger partial charge in [-0.2, -0.15) is 5.48 Å². The molecule has 2 atom stereocenters. The van der Waals surface area contributed by atoms with Crippen LogP contribution in [0.4, 0.5) is 0 Å². The van der Waals surface area contributed by atoms with E-state index in [9.17, 15) is 0 Å². The zero-order valence-electron chi connectivity index (χ0n) is 12.4. The van der Waals surface area contributed by atoms with Crippen LogP contribution < -0.4 is 5.48 Å². The third-order valence-electron chi connectivity index (χ3n) is 3.30. The van der Waals surface area contributed by atoms with E-state index in [-0.39, 0.29) is 12.1 Å². The van der Waals surface area contributed by atoms with Crippen LogP contribution in [-0.2, 0) is 4.84 Å². The third kappa shape index (κ3) is 3.95. The summed E-state index contributed by atoms with van der Waals surface area (Å²) in [6, 6.07) is 14.3. The number of furan rings is 1. The fourth-order valence-corrected chi connectivity index (χ4v) is 2.15. The lowest BCUT2D eigenvalue weighted by molar-refractivity contribution is -0.0508. The first-order valence-corrected chi connectivity index (χ1v) is 7.23. The molecular weight excluding hydrogens is 250 g/mol. The summed E-state index contributed by atoms with van der Waals surface area (Å²) in [5, 5.41) is 0. The van der Waals surface area contributed by atoms with E-state index < -0.39 is 0 Å².